The van der Waals surface area contributed by atoms with Crippen LogP contribution in [0.2, 0.25) is 0 Å². The number of rotatable bonds is 8. The van der Waals surface area contributed by atoms with Crippen LogP contribution < -0.4 is 0 Å². The van der Waals surface area contributed by atoms with Gasteiger partial charge in [0.1, 0.15) is 17.5 Å². The van der Waals surface area contributed by atoms with Crippen LogP contribution in [0, 0.1) is 0 Å². The van der Waals surface area contributed by atoms with Crippen molar-refractivity contribution in [3.63, 3.8) is 0 Å². The van der Waals surface area contributed by atoms with E-state index in [-0.39, 0.29) is 43.1 Å². The summed E-state index contributed by atoms with van der Waals surface area (Å²) in [5.41, 5.74) is 4.27. The summed E-state index contributed by atoms with van der Waals surface area (Å²) >= 11 is 0. The van der Waals surface area contributed by atoms with Gasteiger partial charge in [-0.25, -0.2) is 9.59 Å². The second-order valence-electron chi connectivity index (χ2n) is 8.92. The fourth-order valence-electron chi connectivity index (χ4n) is 4.52. The molecule has 0 fully saturated rings. The molecule has 0 heterocycles. The predicted molar refractivity (Wildman–Crippen MR) is 130 cm³/mol. The third kappa shape index (κ3) is 5.71. The van der Waals surface area contributed by atoms with Crippen LogP contribution >= 0.6 is 10.2 Å². The van der Waals surface area contributed by atoms with Crippen molar-refractivity contribution in [2.45, 2.75) is 29.7 Å². The first-order valence-electron chi connectivity index (χ1n) is 11.3. The maximum absolute atomic E-state index is 12.9. The van der Waals surface area contributed by atoms with Gasteiger partial charge in [-0.05, 0) is 52.8 Å². The molecule has 1 aliphatic carbocycles. The highest BCUT2D eigenvalue weighted by Gasteiger charge is 2.65. The van der Waals surface area contributed by atoms with Crippen LogP contribution in [0.25, 0.3) is 11.1 Å². The fraction of sp³-hybridized carbons (Fsp3) is 0.231. The van der Waals surface area contributed by atoms with Crippen molar-refractivity contribution < 1.29 is 38.9 Å². The molecule has 11 heteroatoms. The lowest BCUT2D eigenvalue weighted by Crippen LogP contribution is -2.43. The van der Waals surface area contributed by atoms with Crippen LogP contribution in [0.4, 0.5) is 24.2 Å². The zero-order chi connectivity index (χ0) is 27.1. The van der Waals surface area contributed by atoms with Crippen LogP contribution in [-0.4, -0.2) is 41.8 Å². The Bertz CT molecular complexity index is 1300. The maximum atomic E-state index is 12.9. The number of carboxylic acid groups (broad SMARTS) is 1. The number of nitrogens with zero attached hydrogens (tertiary/aromatic N) is 1. The van der Waals surface area contributed by atoms with E-state index in [1.807, 2.05) is 48.5 Å². The van der Waals surface area contributed by atoms with Crippen molar-refractivity contribution in [2.24, 2.45) is 0 Å². The number of aliphatic carboxylic acids is 1. The SMILES string of the molecule is CN(C(=O)OCC1c2ccccc2-c2ccccc21)[C@@H](CCc1ccc(S(F)(F)(F)(F)F)cc1)C(=O)O. The Balaban J connectivity index is 1.41. The van der Waals surface area contributed by atoms with Gasteiger partial charge in [-0.15, -0.1) is 0 Å². The summed E-state index contributed by atoms with van der Waals surface area (Å²) in [6.45, 7) is -0.0145. The van der Waals surface area contributed by atoms with Gasteiger partial charge >= 0.3 is 22.3 Å². The number of aryl methyl sites for hydroxylation is 1. The minimum atomic E-state index is -9.79. The quantitative estimate of drug-likeness (QED) is 0.298. The van der Waals surface area contributed by atoms with Gasteiger partial charge in [-0.3, -0.25) is 4.90 Å². The number of carboxylic acids is 1. The van der Waals surface area contributed by atoms with E-state index in [9.17, 15) is 34.1 Å². The molecule has 4 rings (SSSR count). The largest absolute Gasteiger partial charge is 0.480 e. The van der Waals surface area contributed by atoms with Gasteiger partial charge in [0, 0.05) is 13.0 Å². The van der Waals surface area contributed by atoms with Gasteiger partial charge in [0.05, 0.1) is 0 Å². The van der Waals surface area contributed by atoms with E-state index in [4.69, 9.17) is 4.74 Å². The van der Waals surface area contributed by atoms with Crippen molar-refractivity contribution in [1.82, 2.24) is 4.90 Å². The molecule has 0 spiro atoms. The number of amides is 1. The molecule has 0 radical (unpaired) electrons. The summed E-state index contributed by atoms with van der Waals surface area (Å²) < 4.78 is 70.0. The molecule has 5 nitrogen and oxygen atoms in total. The van der Waals surface area contributed by atoms with E-state index in [1.54, 1.807) is 0 Å². The number of ether oxygens (including phenoxy) is 1. The van der Waals surface area contributed by atoms with Gasteiger partial charge in [0.2, 0.25) is 0 Å². The molecular weight excluding hydrogens is 517 g/mol. The summed E-state index contributed by atoms with van der Waals surface area (Å²) in [4.78, 5) is 23.5. The lowest BCUT2D eigenvalue weighted by atomic mass is 9.98. The highest BCUT2D eigenvalue weighted by atomic mass is 32.5. The monoisotopic (exact) mass is 541 g/mol. The van der Waals surface area contributed by atoms with Gasteiger partial charge < -0.3 is 9.84 Å². The summed E-state index contributed by atoms with van der Waals surface area (Å²) in [6.07, 6.45) is -1.09. The molecule has 37 heavy (non-hydrogen) atoms. The first-order chi connectivity index (χ1) is 17.2. The Morgan fingerprint density at radius 2 is 1.41 bits per heavy atom. The van der Waals surface area contributed by atoms with Crippen molar-refractivity contribution in [3.8, 4) is 11.1 Å². The van der Waals surface area contributed by atoms with Crippen molar-refractivity contribution in [2.75, 3.05) is 13.7 Å². The second-order valence-corrected chi connectivity index (χ2v) is 11.3. The van der Waals surface area contributed by atoms with E-state index in [0.29, 0.717) is 0 Å². The smallest absolute Gasteiger partial charge is 0.410 e. The fourth-order valence-corrected chi connectivity index (χ4v) is 5.17. The Labute approximate surface area is 210 Å². The molecule has 3 aromatic carbocycles. The molecule has 1 amide bonds. The molecule has 1 aliphatic rings. The van der Waals surface area contributed by atoms with Crippen LogP contribution in [-0.2, 0) is 16.0 Å². The Hall–Kier alpha value is -3.60. The second kappa shape index (κ2) is 8.76. The average molecular weight is 542 g/mol. The number of carbonyl (C=O) groups excluding carboxylic acids is 1. The van der Waals surface area contributed by atoms with E-state index in [2.05, 4.69) is 0 Å². The lowest BCUT2D eigenvalue weighted by molar-refractivity contribution is -0.142. The molecule has 0 aromatic heterocycles. The molecule has 3 aromatic rings. The van der Waals surface area contributed by atoms with E-state index in [1.165, 1.54) is 7.05 Å². The summed E-state index contributed by atoms with van der Waals surface area (Å²) in [6, 6.07) is 16.4. The highest BCUT2D eigenvalue weighted by molar-refractivity contribution is 8.45. The van der Waals surface area contributed by atoms with Crippen LogP contribution in [0.3, 0.4) is 0 Å². The molecular formula is C26H24F5NO4S. The molecule has 1 atom stereocenters. The Morgan fingerprint density at radius 1 is 0.892 bits per heavy atom. The number of benzene rings is 3. The molecule has 1 N–H and O–H groups in total. The first kappa shape index (κ1) is 26.5. The average Bonchev–Trinajstić information content (AvgIpc) is 3.15. The topological polar surface area (TPSA) is 66.8 Å². The number of hydrogen-bond acceptors (Lipinski definition) is 3. The number of halogens is 5. The van der Waals surface area contributed by atoms with Crippen molar-refractivity contribution in [3.05, 3.63) is 89.5 Å². The molecule has 0 saturated heterocycles. The molecule has 198 valence electrons. The van der Waals surface area contributed by atoms with Crippen LogP contribution in [0.15, 0.2) is 77.7 Å². The lowest BCUT2D eigenvalue weighted by Gasteiger charge is -2.40. The van der Waals surface area contributed by atoms with Crippen molar-refractivity contribution >= 4 is 22.3 Å². The van der Waals surface area contributed by atoms with E-state index < -0.39 is 33.2 Å². The molecule has 0 unspecified atom stereocenters. The number of fused-ring (bicyclic) bond motifs is 3. The van der Waals surface area contributed by atoms with Crippen LogP contribution in [0.5, 0.6) is 0 Å². The van der Waals surface area contributed by atoms with Gasteiger partial charge in [0.15, 0.2) is 0 Å². The molecule has 0 saturated carbocycles. The molecule has 0 aliphatic heterocycles. The summed E-state index contributed by atoms with van der Waals surface area (Å²) in [7, 11) is -8.53. The number of likely N-dealkylation sites (N-methyl/N-ethyl adjacent to an activating group) is 1. The van der Waals surface area contributed by atoms with Crippen molar-refractivity contribution in [1.29, 1.82) is 0 Å². The van der Waals surface area contributed by atoms with E-state index in [0.717, 1.165) is 39.3 Å². The van der Waals surface area contributed by atoms with Gasteiger partial charge in [-0.2, -0.15) is 0 Å². The number of carbonyl (C=O) groups is 2. The summed E-state index contributed by atoms with van der Waals surface area (Å²) in [5, 5.41) is 9.64. The zero-order valence-corrected chi connectivity index (χ0v) is 20.4. The van der Waals surface area contributed by atoms with Gasteiger partial charge in [0.25, 0.3) is 0 Å². The molecule has 0 bridgehead atoms. The minimum Gasteiger partial charge on any atom is -0.480 e. The minimum absolute atomic E-state index is 0.0145. The Kier molecular flexibility index (Phi) is 6.26. The third-order valence-electron chi connectivity index (χ3n) is 6.45. The third-order valence-corrected chi connectivity index (χ3v) is 7.61. The first-order valence-corrected chi connectivity index (χ1v) is 13.2. The zero-order valence-electron chi connectivity index (χ0n) is 19.6. The standard InChI is InChI=1S/C26H24F5NO4S/c1-32(24(25(33)34)15-12-17-10-13-18(14-11-17)37(27,28,29,30)31)26(35)36-16-23-21-8-4-2-6-19(21)20-7-3-5-9-22(20)23/h2-11,13-14,23-24H,12,15-16H2,1H3,(H,33,34)/t24-/m0/s1. The summed E-state index contributed by atoms with van der Waals surface area (Å²) in [5.74, 6) is -1.56. The highest BCUT2D eigenvalue weighted by Crippen LogP contribution is 3.02. The predicted octanol–water partition coefficient (Wildman–Crippen LogP) is 7.61. The number of hydrogen-bond donors (Lipinski definition) is 1. The Morgan fingerprint density at radius 3 is 1.89 bits per heavy atom. The normalized spacial score (nSPS) is 15.6. The maximum Gasteiger partial charge on any atom is 0.410 e. The van der Waals surface area contributed by atoms with Crippen LogP contribution in [0.1, 0.15) is 29.0 Å². The van der Waals surface area contributed by atoms with Gasteiger partial charge in [-0.1, -0.05) is 80.1 Å². The van der Waals surface area contributed by atoms with E-state index >= 15 is 0 Å².